The van der Waals surface area contributed by atoms with Crippen LogP contribution in [0.25, 0.3) is 38.3 Å². The molecule has 2 aliphatic rings. The summed E-state index contributed by atoms with van der Waals surface area (Å²) in [4.78, 5) is 25.5. The van der Waals surface area contributed by atoms with Gasteiger partial charge >= 0.3 is 0 Å². The average Bonchev–Trinajstić information content (AvgIpc) is 3.20. The van der Waals surface area contributed by atoms with Crippen LogP contribution in [0.1, 0.15) is 27.9 Å². The summed E-state index contributed by atoms with van der Waals surface area (Å²) < 4.78 is 6.60. The maximum atomic E-state index is 12.7. The summed E-state index contributed by atoms with van der Waals surface area (Å²) in [5.74, 6) is -0.0158. The number of rotatable bonds is 4. The summed E-state index contributed by atoms with van der Waals surface area (Å²) in [6.07, 6.45) is 3.71. The molecule has 3 aromatic heterocycles. The molecule has 6 rings (SSSR count). The molecule has 2 N–H and O–H groups in total. The fraction of sp³-hybridized carbons (Fsp3) is 0.296. The topological polar surface area (TPSA) is 79.4 Å². The molecule has 0 saturated carbocycles. The van der Waals surface area contributed by atoms with E-state index in [1.54, 1.807) is 6.08 Å². The number of benzene rings is 1. The van der Waals surface area contributed by atoms with Gasteiger partial charge in [0.15, 0.2) is 0 Å². The number of carbonyl (C=O) groups is 1. The average molecular weight is 486 g/mol. The number of fused-ring (bicyclic) bond motifs is 5. The van der Waals surface area contributed by atoms with Crippen molar-refractivity contribution in [3.05, 3.63) is 59.2 Å². The van der Waals surface area contributed by atoms with Crippen LogP contribution < -0.4 is 10.6 Å². The molecule has 0 bridgehead atoms. The van der Waals surface area contributed by atoms with Crippen LogP contribution in [0.4, 0.5) is 5.69 Å². The van der Waals surface area contributed by atoms with E-state index in [4.69, 9.17) is 9.72 Å². The Hall–Kier alpha value is -3.33. The van der Waals surface area contributed by atoms with Crippen LogP contribution in [-0.2, 0) is 11.3 Å². The number of ether oxygens (including phenoxy) is 1. The molecule has 35 heavy (non-hydrogen) atoms. The minimum absolute atomic E-state index is 0.0158. The number of nitrogens with zero attached hydrogens (tertiary/aromatic N) is 3. The van der Waals surface area contributed by atoms with Crippen LogP contribution in [0, 0.1) is 0 Å². The van der Waals surface area contributed by atoms with Gasteiger partial charge in [-0.15, -0.1) is 11.3 Å². The fourth-order valence-electron chi connectivity index (χ4n) is 4.85. The number of amides is 1. The van der Waals surface area contributed by atoms with Crippen molar-refractivity contribution in [2.45, 2.75) is 19.5 Å². The van der Waals surface area contributed by atoms with Crippen molar-refractivity contribution < 1.29 is 9.53 Å². The van der Waals surface area contributed by atoms with Gasteiger partial charge in [-0.25, -0.2) is 4.98 Å². The molecule has 0 radical (unpaired) electrons. The van der Waals surface area contributed by atoms with Crippen molar-refractivity contribution in [2.24, 2.45) is 0 Å². The molecule has 1 aromatic carbocycles. The van der Waals surface area contributed by atoms with E-state index >= 15 is 0 Å². The highest BCUT2D eigenvalue weighted by molar-refractivity contribution is 7.21. The summed E-state index contributed by atoms with van der Waals surface area (Å²) in [5, 5.41) is 8.67. The van der Waals surface area contributed by atoms with E-state index in [2.05, 4.69) is 57.4 Å². The highest BCUT2D eigenvalue weighted by Gasteiger charge is 2.25. The third-order valence-corrected chi connectivity index (χ3v) is 7.84. The van der Waals surface area contributed by atoms with E-state index in [1.807, 2.05) is 13.1 Å². The van der Waals surface area contributed by atoms with E-state index in [1.165, 1.54) is 11.3 Å². The first-order chi connectivity index (χ1) is 17.1. The van der Waals surface area contributed by atoms with E-state index < -0.39 is 0 Å². The largest absolute Gasteiger partial charge is 0.381 e. The Morgan fingerprint density at radius 2 is 2.11 bits per heavy atom. The van der Waals surface area contributed by atoms with Gasteiger partial charge in [0.05, 0.1) is 35.8 Å². The number of pyridine rings is 2. The quantitative estimate of drug-likeness (QED) is 0.442. The van der Waals surface area contributed by atoms with Gasteiger partial charge in [-0.05, 0) is 48.9 Å². The zero-order valence-corrected chi connectivity index (χ0v) is 20.5. The molecule has 178 valence electrons. The summed E-state index contributed by atoms with van der Waals surface area (Å²) in [7, 11) is 0. The van der Waals surface area contributed by atoms with Crippen molar-refractivity contribution >= 4 is 50.0 Å². The molecule has 0 unspecified atom stereocenters. The number of carbonyl (C=O) groups excluding carboxylic acids is 1. The van der Waals surface area contributed by atoms with Crippen LogP contribution in [0.3, 0.4) is 0 Å². The molecule has 7 nitrogen and oxygen atoms in total. The smallest absolute Gasteiger partial charge is 0.263 e. The lowest BCUT2D eigenvalue weighted by Gasteiger charge is -2.27. The second-order valence-electron chi connectivity index (χ2n) is 9.12. The Labute approximate surface area is 207 Å². The maximum absolute atomic E-state index is 12.7. The predicted molar refractivity (Wildman–Crippen MR) is 142 cm³/mol. The third kappa shape index (κ3) is 4.07. The molecule has 1 amide bonds. The van der Waals surface area contributed by atoms with Gasteiger partial charge in [0, 0.05) is 59.5 Å². The molecule has 1 atom stereocenters. The molecule has 2 aliphatic heterocycles. The van der Waals surface area contributed by atoms with Crippen molar-refractivity contribution in [2.75, 3.05) is 38.2 Å². The van der Waals surface area contributed by atoms with Gasteiger partial charge in [0.25, 0.3) is 5.91 Å². The minimum atomic E-state index is -0.0158. The summed E-state index contributed by atoms with van der Waals surface area (Å²) in [5.41, 5.74) is 5.77. The maximum Gasteiger partial charge on any atom is 0.263 e. The third-order valence-electron chi connectivity index (χ3n) is 6.68. The Bertz CT molecular complexity index is 1460. The molecule has 4 aromatic rings. The van der Waals surface area contributed by atoms with Crippen LogP contribution in [0.15, 0.2) is 43.1 Å². The normalized spacial score (nSPS) is 18.7. The van der Waals surface area contributed by atoms with Crippen molar-refractivity contribution in [1.82, 2.24) is 20.2 Å². The zero-order chi connectivity index (χ0) is 23.9. The van der Waals surface area contributed by atoms with Crippen LogP contribution in [0.5, 0.6) is 0 Å². The molecule has 0 aliphatic carbocycles. The van der Waals surface area contributed by atoms with Crippen molar-refractivity contribution in [3.63, 3.8) is 0 Å². The van der Waals surface area contributed by atoms with Crippen LogP contribution in [0.2, 0.25) is 0 Å². The fourth-order valence-corrected chi connectivity index (χ4v) is 5.95. The van der Waals surface area contributed by atoms with E-state index in [0.717, 1.165) is 86.9 Å². The van der Waals surface area contributed by atoms with Crippen LogP contribution >= 0.6 is 11.3 Å². The van der Waals surface area contributed by atoms with Gasteiger partial charge in [0.1, 0.15) is 4.88 Å². The van der Waals surface area contributed by atoms with Gasteiger partial charge in [0.2, 0.25) is 0 Å². The Balaban J connectivity index is 1.46. The second-order valence-corrected chi connectivity index (χ2v) is 10.2. The first-order valence-corrected chi connectivity index (χ1v) is 12.7. The Kier molecular flexibility index (Phi) is 5.72. The Morgan fingerprint density at radius 3 is 2.94 bits per heavy atom. The first kappa shape index (κ1) is 22.2. The standard InChI is InChI=1S/C27H27N5O2S/c1-3-18-12-20(17(14-28-18)15-32-8-10-34-11-9-32)22-5-4-19-21(31-22)6-7-23-24(19)25-26(35-23)27(33)30-16(2)13-29-25/h3-7,12,14,16,29H,1,8-11,13,15H2,2H3,(H,30,33)/t16-/m1/s1. The number of aromatic nitrogens is 2. The van der Waals surface area contributed by atoms with Crippen LogP contribution in [-0.4, -0.2) is 59.7 Å². The zero-order valence-electron chi connectivity index (χ0n) is 19.6. The monoisotopic (exact) mass is 485 g/mol. The summed E-state index contributed by atoms with van der Waals surface area (Å²) in [6, 6.07) is 10.5. The van der Waals surface area contributed by atoms with Crippen molar-refractivity contribution in [3.8, 4) is 11.3 Å². The molecule has 5 heterocycles. The summed E-state index contributed by atoms with van der Waals surface area (Å²) in [6.45, 7) is 10.7. The van der Waals surface area contributed by atoms with Gasteiger partial charge in [-0.2, -0.15) is 0 Å². The highest BCUT2D eigenvalue weighted by atomic mass is 32.1. The second kappa shape index (κ2) is 9.03. The molecule has 1 saturated heterocycles. The lowest BCUT2D eigenvalue weighted by atomic mass is 10.0. The molecule has 1 fully saturated rings. The van der Waals surface area contributed by atoms with E-state index in [0.29, 0.717) is 6.54 Å². The van der Waals surface area contributed by atoms with Gasteiger partial charge in [-0.1, -0.05) is 6.58 Å². The number of nitrogens with one attached hydrogen (secondary N) is 2. The minimum Gasteiger partial charge on any atom is -0.381 e. The molecular weight excluding hydrogens is 458 g/mol. The summed E-state index contributed by atoms with van der Waals surface area (Å²) >= 11 is 1.53. The van der Waals surface area contributed by atoms with Gasteiger partial charge in [-0.3, -0.25) is 14.7 Å². The number of thiophene rings is 1. The molecule has 0 spiro atoms. The molecule has 8 heteroatoms. The Morgan fingerprint density at radius 1 is 1.26 bits per heavy atom. The lowest BCUT2D eigenvalue weighted by molar-refractivity contribution is 0.0342. The highest BCUT2D eigenvalue weighted by Crippen LogP contribution is 2.41. The first-order valence-electron chi connectivity index (χ1n) is 11.9. The SMILES string of the molecule is C=Cc1cc(-c2ccc3c(ccc4sc5c(c43)NC[C@@H](C)NC5=O)n2)c(CN2CCOCC2)cn1. The van der Waals surface area contributed by atoms with E-state index in [-0.39, 0.29) is 11.9 Å². The molecular formula is C27H27N5O2S. The van der Waals surface area contributed by atoms with Gasteiger partial charge < -0.3 is 15.4 Å². The predicted octanol–water partition coefficient (Wildman–Crippen LogP) is 4.53. The number of morpholine rings is 1. The number of hydrogen-bond donors (Lipinski definition) is 2. The van der Waals surface area contributed by atoms with E-state index in [9.17, 15) is 4.79 Å². The van der Waals surface area contributed by atoms with Crippen molar-refractivity contribution in [1.29, 1.82) is 0 Å². The number of hydrogen-bond acceptors (Lipinski definition) is 7. The lowest BCUT2D eigenvalue weighted by Crippen LogP contribution is -2.35. The number of anilines is 1.